The van der Waals surface area contributed by atoms with Crippen LogP contribution in [0.15, 0.2) is 53.7 Å². The summed E-state index contributed by atoms with van der Waals surface area (Å²) in [7, 11) is 3.47. The predicted molar refractivity (Wildman–Crippen MR) is 94.4 cm³/mol. The van der Waals surface area contributed by atoms with E-state index in [1.807, 2.05) is 35.9 Å². The van der Waals surface area contributed by atoms with E-state index in [0.29, 0.717) is 16.5 Å². The van der Waals surface area contributed by atoms with Crippen molar-refractivity contribution in [3.63, 3.8) is 0 Å². The summed E-state index contributed by atoms with van der Waals surface area (Å²) < 4.78 is 19.9. The zero-order valence-corrected chi connectivity index (χ0v) is 14.6. The smallest absolute Gasteiger partial charge is 0.191 e. The van der Waals surface area contributed by atoms with Crippen molar-refractivity contribution in [2.24, 2.45) is 7.05 Å². The molecule has 0 aliphatic carbocycles. The number of benzene rings is 2. The number of hydrogen-bond acceptors (Lipinski definition) is 5. The normalized spacial score (nSPS) is 10.7. The lowest BCUT2D eigenvalue weighted by atomic mass is 10.1. The van der Waals surface area contributed by atoms with Crippen LogP contribution in [0.1, 0.15) is 10.4 Å². The van der Waals surface area contributed by atoms with Gasteiger partial charge < -0.3 is 9.30 Å². The van der Waals surface area contributed by atoms with Gasteiger partial charge in [0, 0.05) is 18.2 Å². The molecule has 0 radical (unpaired) electrons. The third-order valence-electron chi connectivity index (χ3n) is 3.68. The van der Waals surface area contributed by atoms with Crippen molar-refractivity contribution in [1.82, 2.24) is 14.8 Å². The molecule has 0 saturated carbocycles. The number of Topliss-reactive ketones (excluding diaryl/α,β-unsaturated/α-hetero) is 1. The van der Waals surface area contributed by atoms with Crippen LogP contribution in [0.3, 0.4) is 0 Å². The standard InChI is InChI=1S/C18H16FN3O2S/c1-22-17(13-5-9-15(24-2)10-6-13)20-21-18(22)25-11-16(23)12-3-7-14(19)8-4-12/h3-10H,11H2,1-2H3. The van der Waals surface area contributed by atoms with E-state index in [2.05, 4.69) is 10.2 Å². The van der Waals surface area contributed by atoms with Gasteiger partial charge in [-0.25, -0.2) is 4.39 Å². The molecule has 1 aromatic heterocycles. The summed E-state index contributed by atoms with van der Waals surface area (Å²) in [6, 6.07) is 13.0. The maximum atomic E-state index is 12.9. The molecule has 3 aromatic rings. The van der Waals surface area contributed by atoms with Gasteiger partial charge >= 0.3 is 0 Å². The molecule has 25 heavy (non-hydrogen) atoms. The largest absolute Gasteiger partial charge is 0.497 e. The van der Waals surface area contributed by atoms with Crippen molar-refractivity contribution in [2.75, 3.05) is 12.9 Å². The Bertz CT molecular complexity index is 876. The monoisotopic (exact) mass is 357 g/mol. The van der Waals surface area contributed by atoms with Crippen LogP contribution in [0.4, 0.5) is 4.39 Å². The second kappa shape index (κ2) is 7.48. The second-order valence-electron chi connectivity index (χ2n) is 5.31. The summed E-state index contributed by atoms with van der Waals surface area (Å²) in [5.41, 5.74) is 1.39. The molecule has 0 bridgehead atoms. The Hall–Kier alpha value is -2.67. The van der Waals surface area contributed by atoms with E-state index >= 15 is 0 Å². The van der Waals surface area contributed by atoms with Gasteiger partial charge in [-0.1, -0.05) is 11.8 Å². The fourth-order valence-corrected chi connectivity index (χ4v) is 3.09. The molecule has 0 aliphatic heterocycles. The molecule has 0 saturated heterocycles. The Morgan fingerprint density at radius 1 is 1.12 bits per heavy atom. The average Bonchev–Trinajstić information content (AvgIpc) is 3.01. The summed E-state index contributed by atoms with van der Waals surface area (Å²) in [6.45, 7) is 0. The molecule has 0 aliphatic rings. The van der Waals surface area contributed by atoms with Crippen molar-refractivity contribution in [3.8, 4) is 17.1 Å². The van der Waals surface area contributed by atoms with Gasteiger partial charge in [-0.3, -0.25) is 4.79 Å². The summed E-state index contributed by atoms with van der Waals surface area (Å²) >= 11 is 1.30. The Balaban J connectivity index is 1.70. The zero-order valence-electron chi connectivity index (χ0n) is 13.8. The van der Waals surface area contributed by atoms with E-state index in [0.717, 1.165) is 11.3 Å². The van der Waals surface area contributed by atoms with Gasteiger partial charge in [0.05, 0.1) is 12.9 Å². The molecular weight excluding hydrogens is 341 g/mol. The van der Waals surface area contributed by atoms with Gasteiger partial charge in [0.1, 0.15) is 11.6 Å². The van der Waals surface area contributed by atoms with Gasteiger partial charge in [0.2, 0.25) is 0 Å². The van der Waals surface area contributed by atoms with Gasteiger partial charge in [-0.15, -0.1) is 10.2 Å². The fraction of sp³-hybridized carbons (Fsp3) is 0.167. The summed E-state index contributed by atoms with van der Waals surface area (Å²) in [4.78, 5) is 12.2. The van der Waals surface area contributed by atoms with Gasteiger partial charge in [0.25, 0.3) is 0 Å². The summed E-state index contributed by atoms with van der Waals surface area (Å²) in [5.74, 6) is 1.24. The van der Waals surface area contributed by atoms with E-state index in [1.54, 1.807) is 7.11 Å². The number of carbonyl (C=O) groups is 1. The quantitative estimate of drug-likeness (QED) is 0.498. The van der Waals surface area contributed by atoms with Crippen molar-refractivity contribution >= 4 is 17.5 Å². The second-order valence-corrected chi connectivity index (χ2v) is 6.25. The Labute approximate surface area is 148 Å². The Morgan fingerprint density at radius 3 is 2.44 bits per heavy atom. The van der Waals surface area contributed by atoms with Crippen molar-refractivity contribution in [2.45, 2.75) is 5.16 Å². The highest BCUT2D eigenvalue weighted by Crippen LogP contribution is 2.24. The van der Waals surface area contributed by atoms with Gasteiger partial charge in [-0.2, -0.15) is 0 Å². The molecule has 0 unspecified atom stereocenters. The molecule has 0 spiro atoms. The van der Waals surface area contributed by atoms with Gasteiger partial charge in [0.15, 0.2) is 16.8 Å². The van der Waals surface area contributed by atoms with Crippen molar-refractivity contribution in [1.29, 1.82) is 0 Å². The van der Waals surface area contributed by atoms with E-state index < -0.39 is 0 Å². The first-order valence-corrected chi connectivity index (χ1v) is 8.52. The Morgan fingerprint density at radius 2 is 1.80 bits per heavy atom. The highest BCUT2D eigenvalue weighted by molar-refractivity contribution is 7.99. The number of nitrogens with zero attached hydrogens (tertiary/aromatic N) is 3. The average molecular weight is 357 g/mol. The lowest BCUT2D eigenvalue weighted by Crippen LogP contribution is -2.04. The van der Waals surface area contributed by atoms with E-state index in [4.69, 9.17) is 4.74 Å². The minimum atomic E-state index is -0.360. The lowest BCUT2D eigenvalue weighted by molar-refractivity contribution is 0.102. The highest BCUT2D eigenvalue weighted by atomic mass is 32.2. The topological polar surface area (TPSA) is 57.0 Å². The lowest BCUT2D eigenvalue weighted by Gasteiger charge is -2.05. The van der Waals surface area contributed by atoms with Crippen LogP contribution < -0.4 is 4.74 Å². The van der Waals surface area contributed by atoms with E-state index in [9.17, 15) is 9.18 Å². The molecule has 5 nitrogen and oxygen atoms in total. The third kappa shape index (κ3) is 3.88. The molecule has 3 rings (SSSR count). The first-order chi connectivity index (χ1) is 12.1. The Kier molecular flexibility index (Phi) is 5.14. The van der Waals surface area contributed by atoms with Gasteiger partial charge in [-0.05, 0) is 48.5 Å². The van der Waals surface area contributed by atoms with E-state index in [1.165, 1.54) is 36.0 Å². The predicted octanol–water partition coefficient (Wildman–Crippen LogP) is 3.60. The molecule has 128 valence electrons. The molecule has 0 atom stereocenters. The molecular formula is C18H16FN3O2S. The maximum absolute atomic E-state index is 12.9. The number of ketones is 1. The minimum Gasteiger partial charge on any atom is -0.497 e. The number of ether oxygens (including phenoxy) is 1. The van der Waals surface area contributed by atoms with E-state index in [-0.39, 0.29) is 17.4 Å². The van der Waals surface area contributed by atoms with Crippen LogP contribution in [0.5, 0.6) is 5.75 Å². The highest BCUT2D eigenvalue weighted by Gasteiger charge is 2.14. The molecule has 0 amide bonds. The first kappa shape index (κ1) is 17.2. The number of hydrogen-bond donors (Lipinski definition) is 0. The first-order valence-electron chi connectivity index (χ1n) is 7.54. The number of halogens is 1. The molecule has 2 aromatic carbocycles. The summed E-state index contributed by atoms with van der Waals surface area (Å²) in [5, 5.41) is 8.98. The molecule has 7 heteroatoms. The molecule has 0 N–H and O–H groups in total. The zero-order chi connectivity index (χ0) is 17.8. The van der Waals surface area contributed by atoms with Crippen LogP contribution in [-0.4, -0.2) is 33.4 Å². The van der Waals surface area contributed by atoms with Crippen LogP contribution in [0.25, 0.3) is 11.4 Å². The number of methoxy groups -OCH3 is 1. The number of carbonyl (C=O) groups excluding carboxylic acids is 1. The number of aromatic nitrogens is 3. The van der Waals surface area contributed by atoms with Crippen LogP contribution in [0, 0.1) is 5.82 Å². The third-order valence-corrected chi connectivity index (χ3v) is 4.70. The SMILES string of the molecule is COc1ccc(-c2nnc(SCC(=O)c3ccc(F)cc3)n2C)cc1. The van der Waals surface area contributed by atoms with Crippen LogP contribution in [0.2, 0.25) is 0 Å². The van der Waals surface area contributed by atoms with Crippen molar-refractivity contribution in [3.05, 3.63) is 59.9 Å². The number of rotatable bonds is 6. The minimum absolute atomic E-state index is 0.0843. The van der Waals surface area contributed by atoms with Crippen LogP contribution in [-0.2, 0) is 7.05 Å². The summed E-state index contributed by atoms with van der Waals surface area (Å²) in [6.07, 6.45) is 0. The molecule has 1 heterocycles. The molecule has 0 fully saturated rings. The number of thioether (sulfide) groups is 1. The van der Waals surface area contributed by atoms with Crippen molar-refractivity contribution < 1.29 is 13.9 Å². The fourth-order valence-electron chi connectivity index (χ4n) is 2.28. The van der Waals surface area contributed by atoms with Crippen LogP contribution >= 0.6 is 11.8 Å². The maximum Gasteiger partial charge on any atom is 0.191 e.